The van der Waals surface area contributed by atoms with Crippen molar-refractivity contribution in [2.75, 3.05) is 18.8 Å². The van der Waals surface area contributed by atoms with E-state index in [9.17, 15) is 0 Å². The highest BCUT2D eigenvalue weighted by atomic mass is 14.9. The zero-order valence-electron chi connectivity index (χ0n) is 9.72. The Morgan fingerprint density at radius 3 is 2.75 bits per heavy atom. The third kappa shape index (κ3) is 2.25. The van der Waals surface area contributed by atoms with Gasteiger partial charge in [0.2, 0.25) is 0 Å². The number of anilines is 1. The lowest BCUT2D eigenvalue weighted by Gasteiger charge is -2.24. The van der Waals surface area contributed by atoms with E-state index in [1.807, 2.05) is 25.1 Å². The quantitative estimate of drug-likeness (QED) is 0.523. The number of hydrogen-bond acceptors (Lipinski definition) is 3. The molecule has 1 aromatic carbocycles. The Balaban J connectivity index is 2.22. The summed E-state index contributed by atoms with van der Waals surface area (Å²) in [5.41, 5.74) is 9.47. The molecule has 1 heterocycles. The molecule has 3 nitrogen and oxygen atoms in total. The first kappa shape index (κ1) is 11.1. The third-order valence-corrected chi connectivity index (χ3v) is 3.25. The number of hydrogen-bond donors (Lipinski definition) is 3. The highest BCUT2D eigenvalue weighted by Gasteiger charge is 2.20. The summed E-state index contributed by atoms with van der Waals surface area (Å²) in [6.45, 7) is 4.07. The van der Waals surface area contributed by atoms with Crippen molar-refractivity contribution < 1.29 is 0 Å². The molecular weight excluding hydrogens is 198 g/mol. The van der Waals surface area contributed by atoms with Crippen LogP contribution in [0.2, 0.25) is 0 Å². The average Bonchev–Trinajstić information content (AvgIpc) is 2.32. The predicted octanol–water partition coefficient (Wildman–Crippen LogP) is 1.94. The fourth-order valence-corrected chi connectivity index (χ4v) is 2.23. The highest BCUT2D eigenvalue weighted by molar-refractivity contribution is 6.04. The maximum Gasteiger partial charge on any atom is 0.0438 e. The lowest BCUT2D eigenvalue weighted by atomic mass is 9.88. The first-order chi connectivity index (χ1) is 7.68. The van der Waals surface area contributed by atoms with E-state index in [0.29, 0.717) is 11.6 Å². The minimum atomic E-state index is 0.366. The number of nitrogens with one attached hydrogen (secondary N) is 2. The second-order valence-electron chi connectivity index (χ2n) is 4.53. The second-order valence-corrected chi connectivity index (χ2v) is 4.53. The van der Waals surface area contributed by atoms with E-state index in [1.165, 1.54) is 5.56 Å². The summed E-state index contributed by atoms with van der Waals surface area (Å²) in [7, 11) is 0. The molecule has 0 aliphatic carbocycles. The van der Waals surface area contributed by atoms with Gasteiger partial charge < -0.3 is 16.5 Å². The van der Waals surface area contributed by atoms with E-state index in [2.05, 4.69) is 5.32 Å². The van der Waals surface area contributed by atoms with Gasteiger partial charge >= 0.3 is 0 Å². The molecule has 0 bridgehead atoms. The summed E-state index contributed by atoms with van der Waals surface area (Å²) in [5, 5.41) is 11.6. The van der Waals surface area contributed by atoms with Gasteiger partial charge in [-0.2, -0.15) is 0 Å². The summed E-state index contributed by atoms with van der Waals surface area (Å²) < 4.78 is 0. The van der Waals surface area contributed by atoms with Crippen molar-refractivity contribution in [2.24, 2.45) is 5.92 Å². The van der Waals surface area contributed by atoms with Crippen molar-refractivity contribution in [3.05, 3.63) is 29.3 Å². The van der Waals surface area contributed by atoms with Crippen LogP contribution in [-0.2, 0) is 0 Å². The van der Waals surface area contributed by atoms with Crippen LogP contribution in [0.5, 0.6) is 0 Å². The highest BCUT2D eigenvalue weighted by Crippen LogP contribution is 2.22. The molecule has 0 amide bonds. The van der Waals surface area contributed by atoms with E-state index in [-0.39, 0.29) is 0 Å². The molecule has 4 N–H and O–H groups in total. The zero-order chi connectivity index (χ0) is 11.5. The molecule has 16 heavy (non-hydrogen) atoms. The van der Waals surface area contributed by atoms with E-state index >= 15 is 0 Å². The molecule has 1 fully saturated rings. The topological polar surface area (TPSA) is 61.9 Å². The van der Waals surface area contributed by atoms with Gasteiger partial charge in [-0.25, -0.2) is 0 Å². The van der Waals surface area contributed by atoms with E-state index in [1.54, 1.807) is 0 Å². The standard InChI is InChI=1S/C13H19N3/c1-9-2-3-12(14)11(8-9)13(15)10-4-6-16-7-5-10/h2-3,8,10,15-16H,4-7,14H2,1H3. The Labute approximate surface area is 96.6 Å². The maximum absolute atomic E-state index is 8.25. The molecule has 3 heteroatoms. The van der Waals surface area contributed by atoms with Crippen molar-refractivity contribution in [1.82, 2.24) is 5.32 Å². The van der Waals surface area contributed by atoms with Crippen LogP contribution in [0.1, 0.15) is 24.0 Å². The minimum Gasteiger partial charge on any atom is -0.398 e. The van der Waals surface area contributed by atoms with Crippen molar-refractivity contribution >= 4 is 11.4 Å². The number of nitrogens with two attached hydrogens (primary N) is 1. The molecule has 2 rings (SSSR count). The minimum absolute atomic E-state index is 0.366. The number of benzene rings is 1. The second kappa shape index (κ2) is 4.66. The van der Waals surface area contributed by atoms with Crippen molar-refractivity contribution in [1.29, 1.82) is 5.41 Å². The Morgan fingerprint density at radius 1 is 1.38 bits per heavy atom. The van der Waals surface area contributed by atoms with E-state index in [4.69, 9.17) is 11.1 Å². The van der Waals surface area contributed by atoms with E-state index in [0.717, 1.165) is 37.2 Å². The summed E-state index contributed by atoms with van der Waals surface area (Å²) in [6, 6.07) is 5.93. The summed E-state index contributed by atoms with van der Waals surface area (Å²) in [5.74, 6) is 0.366. The molecule has 1 aliphatic rings. The monoisotopic (exact) mass is 217 g/mol. The van der Waals surface area contributed by atoms with Crippen LogP contribution in [0.3, 0.4) is 0 Å². The van der Waals surface area contributed by atoms with Crippen LogP contribution in [-0.4, -0.2) is 18.8 Å². The molecule has 1 aliphatic heterocycles. The Bertz CT molecular complexity index is 392. The third-order valence-electron chi connectivity index (χ3n) is 3.25. The lowest BCUT2D eigenvalue weighted by Crippen LogP contribution is -2.32. The van der Waals surface area contributed by atoms with Gasteiger partial charge in [0.15, 0.2) is 0 Å². The van der Waals surface area contributed by atoms with Crippen LogP contribution in [0, 0.1) is 18.3 Å². The number of nitrogen functional groups attached to an aromatic ring is 1. The molecule has 86 valence electrons. The van der Waals surface area contributed by atoms with Crippen LogP contribution in [0.15, 0.2) is 18.2 Å². The Hall–Kier alpha value is -1.35. The Kier molecular flexibility index (Phi) is 3.25. The Morgan fingerprint density at radius 2 is 2.06 bits per heavy atom. The van der Waals surface area contributed by atoms with Gasteiger partial charge in [0.05, 0.1) is 0 Å². The molecule has 0 unspecified atom stereocenters. The predicted molar refractivity (Wildman–Crippen MR) is 68.0 cm³/mol. The van der Waals surface area contributed by atoms with Gasteiger partial charge in [0, 0.05) is 22.9 Å². The molecule has 1 aromatic rings. The van der Waals surface area contributed by atoms with E-state index < -0.39 is 0 Å². The van der Waals surface area contributed by atoms with Crippen molar-refractivity contribution in [3.63, 3.8) is 0 Å². The molecular formula is C13H19N3. The lowest BCUT2D eigenvalue weighted by molar-refractivity contribution is 0.456. The molecule has 0 aromatic heterocycles. The molecule has 0 spiro atoms. The first-order valence-electron chi connectivity index (χ1n) is 5.84. The summed E-state index contributed by atoms with van der Waals surface area (Å²) in [4.78, 5) is 0. The van der Waals surface area contributed by atoms with Crippen LogP contribution in [0.25, 0.3) is 0 Å². The number of rotatable bonds is 2. The average molecular weight is 217 g/mol. The zero-order valence-corrected chi connectivity index (χ0v) is 9.72. The summed E-state index contributed by atoms with van der Waals surface area (Å²) >= 11 is 0. The van der Waals surface area contributed by atoms with Crippen molar-refractivity contribution in [3.8, 4) is 0 Å². The maximum atomic E-state index is 8.25. The van der Waals surface area contributed by atoms with Gasteiger partial charge in [0.1, 0.15) is 0 Å². The first-order valence-corrected chi connectivity index (χ1v) is 5.84. The van der Waals surface area contributed by atoms with Crippen molar-refractivity contribution in [2.45, 2.75) is 19.8 Å². The fraction of sp³-hybridized carbons (Fsp3) is 0.462. The largest absolute Gasteiger partial charge is 0.398 e. The molecule has 0 radical (unpaired) electrons. The van der Waals surface area contributed by atoms with Crippen LogP contribution in [0.4, 0.5) is 5.69 Å². The van der Waals surface area contributed by atoms with Gasteiger partial charge in [-0.05, 0) is 45.0 Å². The van der Waals surface area contributed by atoms with Crippen LogP contribution < -0.4 is 11.1 Å². The normalized spacial score (nSPS) is 17.3. The smallest absolute Gasteiger partial charge is 0.0438 e. The number of aryl methyl sites for hydroxylation is 1. The number of piperidine rings is 1. The van der Waals surface area contributed by atoms with Crippen LogP contribution >= 0.6 is 0 Å². The molecule has 1 saturated heterocycles. The van der Waals surface area contributed by atoms with Gasteiger partial charge in [-0.3, -0.25) is 0 Å². The van der Waals surface area contributed by atoms with Gasteiger partial charge in [0.25, 0.3) is 0 Å². The van der Waals surface area contributed by atoms with Gasteiger partial charge in [-0.1, -0.05) is 11.6 Å². The molecule has 0 saturated carbocycles. The fourth-order valence-electron chi connectivity index (χ4n) is 2.23. The SMILES string of the molecule is Cc1ccc(N)c(C(=N)C2CCNCC2)c1. The van der Waals surface area contributed by atoms with Gasteiger partial charge in [-0.15, -0.1) is 0 Å². The molecule has 0 atom stereocenters. The summed E-state index contributed by atoms with van der Waals surface area (Å²) in [6.07, 6.45) is 2.10.